The lowest BCUT2D eigenvalue weighted by molar-refractivity contribution is 0.420. The number of hydrogen-bond donors (Lipinski definition) is 2. The molecule has 0 aromatic carbocycles. The van der Waals surface area contributed by atoms with Crippen molar-refractivity contribution in [2.45, 2.75) is 19.3 Å². The number of hydrogen-bond acceptors (Lipinski definition) is 1. The summed E-state index contributed by atoms with van der Waals surface area (Å²) >= 11 is 0. The zero-order valence-electron chi connectivity index (χ0n) is 9.00. The zero-order valence-corrected chi connectivity index (χ0v) is 9.00. The Kier molecular flexibility index (Phi) is 2.37. The Hall–Kier alpha value is -1.02. The number of aromatic nitrogens is 1. The molecule has 1 aliphatic heterocycles. The smallest absolute Gasteiger partial charge is 0.00808 e. The Morgan fingerprint density at radius 2 is 2.13 bits per heavy atom. The number of rotatable bonds is 1. The van der Waals surface area contributed by atoms with E-state index in [9.17, 15) is 0 Å². The Balaban J connectivity index is 1.88. The molecule has 2 unspecified atom stereocenters. The van der Waals surface area contributed by atoms with E-state index >= 15 is 0 Å². The van der Waals surface area contributed by atoms with Gasteiger partial charge < -0.3 is 10.3 Å². The average Bonchev–Trinajstić information content (AvgIpc) is 2.84. The topological polar surface area (TPSA) is 27.8 Å². The molecule has 0 saturated carbocycles. The van der Waals surface area contributed by atoms with Gasteiger partial charge in [-0.1, -0.05) is 6.08 Å². The SMILES string of the molecule is C1=C(c2cc[nH]c2)C2CCNCCC1C2. The van der Waals surface area contributed by atoms with Crippen LogP contribution in [0.4, 0.5) is 0 Å². The molecule has 0 radical (unpaired) electrons. The van der Waals surface area contributed by atoms with Crippen molar-refractivity contribution in [3.63, 3.8) is 0 Å². The summed E-state index contributed by atoms with van der Waals surface area (Å²) in [6.45, 7) is 2.37. The molecule has 1 aliphatic carbocycles. The van der Waals surface area contributed by atoms with Gasteiger partial charge in [-0.3, -0.25) is 0 Å². The van der Waals surface area contributed by atoms with Crippen LogP contribution < -0.4 is 5.32 Å². The molecule has 1 saturated heterocycles. The maximum absolute atomic E-state index is 3.51. The zero-order chi connectivity index (χ0) is 10.1. The predicted molar refractivity (Wildman–Crippen MR) is 62.5 cm³/mol. The fourth-order valence-corrected chi connectivity index (χ4v) is 2.95. The maximum Gasteiger partial charge on any atom is 0.00808 e. The van der Waals surface area contributed by atoms with Crippen LogP contribution in [0.5, 0.6) is 0 Å². The maximum atomic E-state index is 3.51. The van der Waals surface area contributed by atoms with E-state index in [1.165, 1.54) is 37.9 Å². The van der Waals surface area contributed by atoms with Gasteiger partial charge in [-0.25, -0.2) is 0 Å². The van der Waals surface area contributed by atoms with Gasteiger partial charge in [0.1, 0.15) is 0 Å². The Labute approximate surface area is 90.8 Å². The molecule has 2 atom stereocenters. The largest absolute Gasteiger partial charge is 0.367 e. The highest BCUT2D eigenvalue weighted by molar-refractivity contribution is 5.69. The van der Waals surface area contributed by atoms with Gasteiger partial charge in [-0.2, -0.15) is 0 Å². The average molecular weight is 202 g/mol. The second-order valence-corrected chi connectivity index (χ2v) is 4.74. The summed E-state index contributed by atoms with van der Waals surface area (Å²) in [5, 5.41) is 3.51. The third-order valence-electron chi connectivity index (χ3n) is 3.74. The molecule has 2 heteroatoms. The van der Waals surface area contributed by atoms with Crippen molar-refractivity contribution < 1.29 is 0 Å². The third-order valence-corrected chi connectivity index (χ3v) is 3.74. The van der Waals surface area contributed by atoms with Gasteiger partial charge in [0.15, 0.2) is 0 Å². The first kappa shape index (κ1) is 9.22. The fourth-order valence-electron chi connectivity index (χ4n) is 2.95. The highest BCUT2D eigenvalue weighted by Gasteiger charge is 2.28. The van der Waals surface area contributed by atoms with Crippen LogP contribution in [-0.2, 0) is 0 Å². The van der Waals surface area contributed by atoms with Crippen LogP contribution in [0.15, 0.2) is 24.5 Å². The summed E-state index contributed by atoms with van der Waals surface area (Å²) in [7, 11) is 0. The molecule has 2 nitrogen and oxygen atoms in total. The van der Waals surface area contributed by atoms with Crippen molar-refractivity contribution >= 4 is 5.57 Å². The van der Waals surface area contributed by atoms with Crippen LogP contribution in [-0.4, -0.2) is 18.1 Å². The standard InChI is InChI=1S/C13H18N2/c1-4-14-5-2-11-7-10(1)8-13(11)12-3-6-15-9-12/h3,6,8-11,14-15H,1-2,4-5,7H2. The highest BCUT2D eigenvalue weighted by atomic mass is 14.8. The van der Waals surface area contributed by atoms with Gasteiger partial charge in [0.25, 0.3) is 0 Å². The first-order chi connectivity index (χ1) is 7.43. The third kappa shape index (κ3) is 1.74. The summed E-state index contributed by atoms with van der Waals surface area (Å²) < 4.78 is 0. The lowest BCUT2D eigenvalue weighted by Gasteiger charge is -2.18. The van der Waals surface area contributed by atoms with E-state index < -0.39 is 0 Å². The minimum Gasteiger partial charge on any atom is -0.367 e. The van der Waals surface area contributed by atoms with Gasteiger partial charge in [0, 0.05) is 12.4 Å². The van der Waals surface area contributed by atoms with Crippen molar-refractivity contribution in [1.29, 1.82) is 0 Å². The van der Waals surface area contributed by atoms with Gasteiger partial charge in [0.2, 0.25) is 0 Å². The van der Waals surface area contributed by atoms with Crippen LogP contribution in [0.25, 0.3) is 5.57 Å². The molecule has 2 N–H and O–H groups in total. The lowest BCUT2D eigenvalue weighted by Crippen LogP contribution is -2.23. The first-order valence-electron chi connectivity index (χ1n) is 5.99. The number of aromatic amines is 1. The van der Waals surface area contributed by atoms with Crippen molar-refractivity contribution in [3.8, 4) is 0 Å². The van der Waals surface area contributed by atoms with E-state index in [1.807, 2.05) is 6.20 Å². The van der Waals surface area contributed by atoms with E-state index in [0.29, 0.717) is 0 Å². The lowest BCUT2D eigenvalue weighted by atomic mass is 9.91. The molecule has 2 heterocycles. The molecule has 1 aromatic rings. The minimum atomic E-state index is 0.790. The van der Waals surface area contributed by atoms with Crippen molar-refractivity contribution in [2.75, 3.05) is 13.1 Å². The molecule has 3 rings (SSSR count). The number of H-pyrrole nitrogens is 1. The van der Waals surface area contributed by atoms with Crippen LogP contribution in [0.1, 0.15) is 24.8 Å². The quantitative estimate of drug-likeness (QED) is 0.719. The van der Waals surface area contributed by atoms with Crippen molar-refractivity contribution in [1.82, 2.24) is 10.3 Å². The second-order valence-electron chi connectivity index (χ2n) is 4.74. The summed E-state index contributed by atoms with van der Waals surface area (Å²) in [6, 6.07) is 2.20. The van der Waals surface area contributed by atoms with Crippen LogP contribution in [0, 0.1) is 11.8 Å². The summed E-state index contributed by atoms with van der Waals surface area (Å²) in [5.74, 6) is 1.60. The Morgan fingerprint density at radius 1 is 1.20 bits per heavy atom. The predicted octanol–water partition coefficient (Wildman–Crippen LogP) is 2.42. The van der Waals surface area contributed by atoms with Crippen LogP contribution in [0.3, 0.4) is 0 Å². The van der Waals surface area contributed by atoms with Crippen molar-refractivity contribution in [2.24, 2.45) is 11.8 Å². The molecule has 0 amide bonds. The van der Waals surface area contributed by atoms with Crippen LogP contribution >= 0.6 is 0 Å². The number of nitrogens with one attached hydrogen (secondary N) is 2. The van der Waals surface area contributed by atoms with Gasteiger partial charge in [-0.05, 0) is 61.4 Å². The van der Waals surface area contributed by atoms with Gasteiger partial charge in [0.05, 0.1) is 0 Å². The van der Waals surface area contributed by atoms with E-state index in [4.69, 9.17) is 0 Å². The van der Waals surface area contributed by atoms with Crippen LogP contribution in [0.2, 0.25) is 0 Å². The summed E-state index contributed by atoms with van der Waals surface area (Å²) in [5.41, 5.74) is 2.99. The molecule has 0 spiro atoms. The van der Waals surface area contributed by atoms with E-state index in [-0.39, 0.29) is 0 Å². The fraction of sp³-hybridized carbons (Fsp3) is 0.538. The first-order valence-corrected chi connectivity index (χ1v) is 5.99. The monoisotopic (exact) mass is 202 g/mol. The van der Waals surface area contributed by atoms with E-state index in [2.05, 4.69) is 28.6 Å². The second kappa shape index (κ2) is 3.86. The molecule has 1 aromatic heterocycles. The molecule has 80 valence electrons. The van der Waals surface area contributed by atoms with E-state index in [0.717, 1.165) is 11.8 Å². The van der Waals surface area contributed by atoms with Gasteiger partial charge >= 0.3 is 0 Å². The molecule has 15 heavy (non-hydrogen) atoms. The van der Waals surface area contributed by atoms with Gasteiger partial charge in [-0.15, -0.1) is 0 Å². The normalized spacial score (nSPS) is 30.8. The Bertz CT molecular complexity index is 351. The molecular formula is C13H18N2. The summed E-state index contributed by atoms with van der Waals surface area (Å²) in [6.07, 6.45) is 10.7. The molecule has 2 bridgehead atoms. The number of allylic oxidation sites excluding steroid dienone is 2. The molecule has 2 aliphatic rings. The Morgan fingerprint density at radius 3 is 3.00 bits per heavy atom. The van der Waals surface area contributed by atoms with E-state index in [1.54, 1.807) is 5.57 Å². The minimum absolute atomic E-state index is 0.790. The van der Waals surface area contributed by atoms with Crippen molar-refractivity contribution in [3.05, 3.63) is 30.1 Å². The molecular weight excluding hydrogens is 184 g/mol. The highest BCUT2D eigenvalue weighted by Crippen LogP contribution is 2.40. The number of fused-ring (bicyclic) bond motifs is 2. The molecule has 1 fully saturated rings. The summed E-state index contributed by atoms with van der Waals surface area (Å²) in [4.78, 5) is 3.16.